The summed E-state index contributed by atoms with van der Waals surface area (Å²) in [6.45, 7) is 8.16. The van der Waals surface area contributed by atoms with E-state index >= 15 is 0 Å². The molecule has 1 fully saturated rings. The standard InChI is InChI=1S/C9H14BNO2S/c1-8(2)9(3,4)13-10(12-8)7-5-6-14-11-7/h5-6H,1-4H3. The van der Waals surface area contributed by atoms with Crippen molar-refractivity contribution in [2.75, 3.05) is 0 Å². The molecule has 0 atom stereocenters. The van der Waals surface area contributed by atoms with Crippen LogP contribution in [-0.2, 0) is 9.31 Å². The number of aromatic nitrogens is 1. The molecular formula is C9H14BNO2S. The van der Waals surface area contributed by atoms with Crippen molar-refractivity contribution in [3.05, 3.63) is 11.4 Å². The van der Waals surface area contributed by atoms with E-state index in [-0.39, 0.29) is 18.3 Å². The van der Waals surface area contributed by atoms with Crippen LogP contribution >= 0.6 is 11.5 Å². The molecule has 0 spiro atoms. The Kier molecular flexibility index (Phi) is 2.21. The second-order valence-electron chi connectivity index (χ2n) is 4.51. The van der Waals surface area contributed by atoms with Crippen LogP contribution in [0, 0.1) is 0 Å². The molecule has 5 heteroatoms. The van der Waals surface area contributed by atoms with Crippen LogP contribution in [0.3, 0.4) is 0 Å². The molecule has 14 heavy (non-hydrogen) atoms. The van der Waals surface area contributed by atoms with Crippen LogP contribution in [0.1, 0.15) is 27.7 Å². The topological polar surface area (TPSA) is 31.4 Å². The maximum Gasteiger partial charge on any atom is 0.515 e. The molecule has 0 aromatic carbocycles. The molecular weight excluding hydrogens is 197 g/mol. The van der Waals surface area contributed by atoms with Gasteiger partial charge in [0.05, 0.1) is 16.8 Å². The molecule has 0 amide bonds. The van der Waals surface area contributed by atoms with Gasteiger partial charge >= 0.3 is 7.12 Å². The Balaban J connectivity index is 2.22. The van der Waals surface area contributed by atoms with Gasteiger partial charge in [-0.15, -0.1) is 0 Å². The Morgan fingerprint density at radius 2 is 1.79 bits per heavy atom. The molecule has 3 nitrogen and oxygen atoms in total. The normalized spacial score (nSPS) is 24.1. The summed E-state index contributed by atoms with van der Waals surface area (Å²) in [5.74, 6) is 0. The van der Waals surface area contributed by atoms with Crippen molar-refractivity contribution in [2.45, 2.75) is 38.9 Å². The highest BCUT2D eigenvalue weighted by molar-refractivity contribution is 7.04. The van der Waals surface area contributed by atoms with E-state index in [1.165, 1.54) is 11.5 Å². The summed E-state index contributed by atoms with van der Waals surface area (Å²) in [5.41, 5.74) is 0.316. The lowest BCUT2D eigenvalue weighted by atomic mass is 9.85. The summed E-state index contributed by atoms with van der Waals surface area (Å²) in [6, 6.07) is 1.94. The summed E-state index contributed by atoms with van der Waals surface area (Å²) >= 11 is 1.42. The third-order valence-corrected chi connectivity index (χ3v) is 3.53. The van der Waals surface area contributed by atoms with Crippen molar-refractivity contribution in [1.82, 2.24) is 4.37 Å². The van der Waals surface area contributed by atoms with Gasteiger partial charge in [0, 0.05) is 5.38 Å². The van der Waals surface area contributed by atoms with E-state index in [9.17, 15) is 0 Å². The van der Waals surface area contributed by atoms with Gasteiger partial charge in [-0.1, -0.05) is 0 Å². The van der Waals surface area contributed by atoms with Crippen LogP contribution in [-0.4, -0.2) is 22.7 Å². The highest BCUT2D eigenvalue weighted by Gasteiger charge is 2.52. The van der Waals surface area contributed by atoms with Crippen LogP contribution in [0.2, 0.25) is 0 Å². The minimum Gasteiger partial charge on any atom is -0.398 e. The molecule has 1 aromatic rings. The maximum atomic E-state index is 5.83. The summed E-state index contributed by atoms with van der Waals surface area (Å²) in [6.07, 6.45) is 0. The fraction of sp³-hybridized carbons (Fsp3) is 0.667. The quantitative estimate of drug-likeness (QED) is 0.658. The average Bonchev–Trinajstić information content (AvgIpc) is 2.58. The Bertz CT molecular complexity index is 308. The number of hydrogen-bond acceptors (Lipinski definition) is 4. The van der Waals surface area contributed by atoms with Crippen LogP contribution in [0.25, 0.3) is 0 Å². The largest absolute Gasteiger partial charge is 0.515 e. The van der Waals surface area contributed by atoms with Crippen molar-refractivity contribution in [2.24, 2.45) is 0 Å². The van der Waals surface area contributed by atoms with E-state index < -0.39 is 0 Å². The molecule has 1 aromatic heterocycles. The summed E-state index contributed by atoms with van der Waals surface area (Å²) < 4.78 is 15.9. The summed E-state index contributed by atoms with van der Waals surface area (Å²) in [4.78, 5) is 0. The van der Waals surface area contributed by atoms with Crippen molar-refractivity contribution >= 4 is 24.2 Å². The first kappa shape index (κ1) is 10.1. The smallest absolute Gasteiger partial charge is 0.398 e. The zero-order valence-corrected chi connectivity index (χ0v) is 9.72. The highest BCUT2D eigenvalue weighted by Crippen LogP contribution is 2.36. The van der Waals surface area contributed by atoms with Crippen LogP contribution in [0.15, 0.2) is 11.4 Å². The van der Waals surface area contributed by atoms with Gasteiger partial charge in [-0.25, -0.2) is 4.37 Å². The Hall–Kier alpha value is -0.385. The van der Waals surface area contributed by atoms with Crippen molar-refractivity contribution < 1.29 is 9.31 Å². The maximum absolute atomic E-state index is 5.83. The predicted molar refractivity (Wildman–Crippen MR) is 57.8 cm³/mol. The van der Waals surface area contributed by atoms with Crippen molar-refractivity contribution in [3.8, 4) is 0 Å². The third-order valence-electron chi connectivity index (χ3n) is 2.95. The average molecular weight is 211 g/mol. The van der Waals surface area contributed by atoms with E-state index in [4.69, 9.17) is 9.31 Å². The SMILES string of the molecule is CC1(C)OB(c2ccsn2)OC1(C)C. The van der Waals surface area contributed by atoms with Gasteiger partial charge in [-0.05, 0) is 45.3 Å². The van der Waals surface area contributed by atoms with Crippen molar-refractivity contribution in [3.63, 3.8) is 0 Å². The first-order valence-electron chi connectivity index (χ1n) is 4.68. The van der Waals surface area contributed by atoms with Gasteiger partial charge in [-0.2, -0.15) is 0 Å². The lowest BCUT2D eigenvalue weighted by molar-refractivity contribution is 0.00578. The Labute approximate surface area is 88.7 Å². The van der Waals surface area contributed by atoms with Gasteiger partial charge in [0.15, 0.2) is 0 Å². The van der Waals surface area contributed by atoms with Crippen LogP contribution < -0.4 is 5.59 Å². The molecule has 0 aliphatic carbocycles. The van der Waals surface area contributed by atoms with Crippen molar-refractivity contribution in [1.29, 1.82) is 0 Å². The minimum absolute atomic E-state index is 0.277. The summed E-state index contributed by atoms with van der Waals surface area (Å²) in [7, 11) is -0.314. The second-order valence-corrected chi connectivity index (χ2v) is 5.18. The fourth-order valence-electron chi connectivity index (χ4n) is 1.31. The number of hydrogen-bond donors (Lipinski definition) is 0. The van der Waals surface area contributed by atoms with E-state index in [2.05, 4.69) is 4.37 Å². The van der Waals surface area contributed by atoms with Gasteiger partial charge in [0.1, 0.15) is 0 Å². The monoisotopic (exact) mass is 211 g/mol. The number of nitrogens with zero attached hydrogens (tertiary/aromatic N) is 1. The zero-order chi connectivity index (χ0) is 10.4. The fourth-order valence-corrected chi connectivity index (χ4v) is 1.84. The summed E-state index contributed by atoms with van der Waals surface area (Å²) in [5, 5.41) is 1.93. The van der Waals surface area contributed by atoms with Gasteiger partial charge < -0.3 is 9.31 Å². The zero-order valence-electron chi connectivity index (χ0n) is 8.90. The second kappa shape index (κ2) is 3.05. The van der Waals surface area contributed by atoms with Crippen LogP contribution in [0.4, 0.5) is 0 Å². The Morgan fingerprint density at radius 1 is 1.21 bits per heavy atom. The molecule has 0 bridgehead atoms. The van der Waals surface area contributed by atoms with E-state index in [1.807, 2.05) is 39.1 Å². The molecule has 0 radical (unpaired) electrons. The van der Waals surface area contributed by atoms with Gasteiger partial charge in [0.25, 0.3) is 0 Å². The first-order chi connectivity index (χ1) is 6.42. The molecule has 2 heterocycles. The molecule has 0 N–H and O–H groups in total. The van der Waals surface area contributed by atoms with Gasteiger partial charge in [0.2, 0.25) is 0 Å². The lowest BCUT2D eigenvalue weighted by Gasteiger charge is -2.32. The van der Waals surface area contributed by atoms with E-state index in [0.717, 1.165) is 5.59 Å². The molecule has 0 unspecified atom stereocenters. The van der Waals surface area contributed by atoms with E-state index in [1.54, 1.807) is 0 Å². The number of rotatable bonds is 1. The van der Waals surface area contributed by atoms with Gasteiger partial charge in [-0.3, -0.25) is 0 Å². The lowest BCUT2D eigenvalue weighted by Crippen LogP contribution is -2.41. The highest BCUT2D eigenvalue weighted by atomic mass is 32.1. The van der Waals surface area contributed by atoms with E-state index in [0.29, 0.717) is 0 Å². The third kappa shape index (κ3) is 1.49. The minimum atomic E-state index is -0.314. The van der Waals surface area contributed by atoms with Crippen LogP contribution in [0.5, 0.6) is 0 Å². The predicted octanol–water partition coefficient (Wildman–Crippen LogP) is 1.44. The molecule has 0 saturated carbocycles. The molecule has 1 aliphatic rings. The Morgan fingerprint density at radius 3 is 2.21 bits per heavy atom. The molecule has 2 rings (SSSR count). The first-order valence-corrected chi connectivity index (χ1v) is 5.52. The molecule has 1 aliphatic heterocycles. The molecule has 1 saturated heterocycles. The molecule has 76 valence electrons.